The van der Waals surface area contributed by atoms with Crippen molar-refractivity contribution in [3.8, 4) is 11.5 Å². The van der Waals surface area contributed by atoms with Gasteiger partial charge in [0.1, 0.15) is 19.0 Å². The Balaban J connectivity index is 1.21. The first-order chi connectivity index (χ1) is 14.8. The Bertz CT molecular complexity index is 874. The summed E-state index contributed by atoms with van der Waals surface area (Å²) in [6.45, 7) is 7.43. The van der Waals surface area contributed by atoms with Crippen LogP contribution < -0.4 is 19.3 Å². The normalized spacial score (nSPS) is 21.6. The van der Waals surface area contributed by atoms with Gasteiger partial charge >= 0.3 is 0 Å². The van der Waals surface area contributed by atoms with Crippen molar-refractivity contribution in [2.45, 2.75) is 19.0 Å². The number of nitrogens with zero attached hydrogens (tertiary/aromatic N) is 5. The van der Waals surface area contributed by atoms with E-state index in [4.69, 9.17) is 19.2 Å². The minimum atomic E-state index is 0.439. The fourth-order valence-electron chi connectivity index (χ4n) is 4.35. The van der Waals surface area contributed by atoms with Crippen LogP contribution in [-0.2, 0) is 11.3 Å². The van der Waals surface area contributed by atoms with Gasteiger partial charge in [0.15, 0.2) is 11.5 Å². The lowest BCUT2D eigenvalue weighted by molar-refractivity contribution is 0.122. The number of fused-ring (bicyclic) bond motifs is 1. The number of aromatic nitrogens is 2. The fourth-order valence-corrected chi connectivity index (χ4v) is 4.35. The van der Waals surface area contributed by atoms with E-state index in [1.165, 1.54) is 5.56 Å². The van der Waals surface area contributed by atoms with E-state index in [0.717, 1.165) is 75.6 Å². The van der Waals surface area contributed by atoms with Crippen LogP contribution in [0, 0.1) is 0 Å². The van der Waals surface area contributed by atoms with Crippen molar-refractivity contribution in [2.24, 2.45) is 0 Å². The molecule has 3 aliphatic rings. The molecule has 2 aromatic rings. The molecule has 0 N–H and O–H groups in total. The standard InChI is InChI=1S/C22H29N5O3/c1-25(21-4-6-23-22(24-21)27-8-10-28-11-9-27)18-5-7-26(16-18)15-17-2-3-19-20(14-17)30-13-12-29-19/h2-4,6,14,18H,5,7-13,15-16H2,1H3. The van der Waals surface area contributed by atoms with Gasteiger partial charge < -0.3 is 24.0 Å². The molecule has 2 saturated heterocycles. The van der Waals surface area contributed by atoms with Crippen LogP contribution in [0.25, 0.3) is 0 Å². The maximum atomic E-state index is 5.73. The predicted octanol–water partition coefficient (Wildman–Crippen LogP) is 1.80. The number of anilines is 2. The third-order valence-corrected chi connectivity index (χ3v) is 6.09. The number of benzene rings is 1. The number of hydrogen-bond acceptors (Lipinski definition) is 8. The van der Waals surface area contributed by atoms with E-state index in [9.17, 15) is 0 Å². The van der Waals surface area contributed by atoms with Crippen LogP contribution >= 0.6 is 0 Å². The first-order valence-electron chi connectivity index (χ1n) is 10.8. The predicted molar refractivity (Wildman–Crippen MR) is 115 cm³/mol. The van der Waals surface area contributed by atoms with Crippen molar-refractivity contribution in [1.82, 2.24) is 14.9 Å². The summed E-state index contributed by atoms with van der Waals surface area (Å²) in [5, 5.41) is 0. The smallest absolute Gasteiger partial charge is 0.227 e. The SMILES string of the molecule is CN(c1ccnc(N2CCOCC2)n1)C1CCN(Cc2ccc3c(c2)OCCO3)C1. The zero-order valence-corrected chi connectivity index (χ0v) is 17.5. The highest BCUT2D eigenvalue weighted by molar-refractivity contribution is 5.45. The molecule has 1 unspecified atom stereocenters. The highest BCUT2D eigenvalue weighted by Crippen LogP contribution is 2.31. The van der Waals surface area contributed by atoms with E-state index in [2.05, 4.69) is 38.9 Å². The van der Waals surface area contributed by atoms with Crippen LogP contribution in [0.4, 0.5) is 11.8 Å². The third-order valence-electron chi connectivity index (χ3n) is 6.09. The summed E-state index contributed by atoms with van der Waals surface area (Å²) in [6.07, 6.45) is 2.99. The largest absolute Gasteiger partial charge is 0.486 e. The van der Waals surface area contributed by atoms with E-state index in [-0.39, 0.29) is 0 Å². The monoisotopic (exact) mass is 411 g/mol. The Morgan fingerprint density at radius 2 is 1.87 bits per heavy atom. The quantitative estimate of drug-likeness (QED) is 0.738. The average Bonchev–Trinajstić information content (AvgIpc) is 3.27. The highest BCUT2D eigenvalue weighted by Gasteiger charge is 2.27. The number of ether oxygens (including phenoxy) is 3. The second-order valence-corrected chi connectivity index (χ2v) is 8.08. The molecular formula is C22H29N5O3. The summed E-state index contributed by atoms with van der Waals surface area (Å²) < 4.78 is 16.8. The molecule has 2 fully saturated rings. The van der Waals surface area contributed by atoms with Gasteiger partial charge in [0, 0.05) is 52.0 Å². The Hall–Kier alpha value is -2.58. The molecule has 0 bridgehead atoms. The van der Waals surface area contributed by atoms with Crippen LogP contribution in [0.15, 0.2) is 30.5 Å². The molecular weight excluding hydrogens is 382 g/mol. The molecule has 8 heteroatoms. The van der Waals surface area contributed by atoms with E-state index in [1.807, 2.05) is 18.3 Å². The molecule has 8 nitrogen and oxygen atoms in total. The zero-order chi connectivity index (χ0) is 20.3. The molecule has 0 radical (unpaired) electrons. The Kier molecular flexibility index (Phi) is 5.59. The van der Waals surface area contributed by atoms with Gasteiger partial charge in [-0.3, -0.25) is 4.90 Å². The number of likely N-dealkylation sites (N-methyl/N-ethyl adjacent to an activating group) is 1. The summed E-state index contributed by atoms with van der Waals surface area (Å²) >= 11 is 0. The van der Waals surface area contributed by atoms with Crippen LogP contribution in [0.1, 0.15) is 12.0 Å². The molecule has 0 amide bonds. The maximum Gasteiger partial charge on any atom is 0.227 e. The van der Waals surface area contributed by atoms with E-state index >= 15 is 0 Å². The third kappa shape index (κ3) is 4.15. The van der Waals surface area contributed by atoms with Crippen molar-refractivity contribution in [3.05, 3.63) is 36.0 Å². The molecule has 4 heterocycles. The van der Waals surface area contributed by atoms with Crippen molar-refractivity contribution in [3.63, 3.8) is 0 Å². The minimum Gasteiger partial charge on any atom is -0.486 e. The van der Waals surface area contributed by atoms with Gasteiger partial charge in [0.2, 0.25) is 5.95 Å². The summed E-state index contributed by atoms with van der Waals surface area (Å²) in [6, 6.07) is 8.73. The highest BCUT2D eigenvalue weighted by atomic mass is 16.6. The van der Waals surface area contributed by atoms with Crippen LogP contribution in [0.2, 0.25) is 0 Å². The Labute approximate surface area is 177 Å². The van der Waals surface area contributed by atoms with Crippen molar-refractivity contribution < 1.29 is 14.2 Å². The van der Waals surface area contributed by atoms with Gasteiger partial charge in [-0.2, -0.15) is 4.98 Å². The molecule has 1 aromatic heterocycles. The Morgan fingerprint density at radius 3 is 2.73 bits per heavy atom. The van der Waals surface area contributed by atoms with E-state index in [1.54, 1.807) is 0 Å². The van der Waals surface area contributed by atoms with Crippen LogP contribution in [-0.4, -0.2) is 80.6 Å². The summed E-state index contributed by atoms with van der Waals surface area (Å²) in [5.74, 6) is 3.50. The first-order valence-corrected chi connectivity index (χ1v) is 10.8. The molecule has 1 aromatic carbocycles. The molecule has 0 aliphatic carbocycles. The lowest BCUT2D eigenvalue weighted by atomic mass is 10.2. The van der Waals surface area contributed by atoms with Gasteiger partial charge in [-0.1, -0.05) is 6.07 Å². The van der Waals surface area contributed by atoms with Gasteiger partial charge in [-0.15, -0.1) is 0 Å². The average molecular weight is 412 g/mol. The zero-order valence-electron chi connectivity index (χ0n) is 17.5. The number of rotatable bonds is 5. The van der Waals surface area contributed by atoms with Gasteiger partial charge in [-0.25, -0.2) is 4.98 Å². The fraction of sp³-hybridized carbons (Fsp3) is 0.545. The van der Waals surface area contributed by atoms with Gasteiger partial charge in [0.05, 0.1) is 13.2 Å². The number of morpholine rings is 1. The lowest BCUT2D eigenvalue weighted by Gasteiger charge is -2.29. The van der Waals surface area contributed by atoms with E-state index < -0.39 is 0 Å². The van der Waals surface area contributed by atoms with Gasteiger partial charge in [0.25, 0.3) is 0 Å². The van der Waals surface area contributed by atoms with Crippen molar-refractivity contribution in [2.75, 3.05) is 69.5 Å². The summed E-state index contributed by atoms with van der Waals surface area (Å²) in [5.41, 5.74) is 1.26. The van der Waals surface area contributed by atoms with Crippen molar-refractivity contribution >= 4 is 11.8 Å². The second kappa shape index (κ2) is 8.65. The number of hydrogen-bond donors (Lipinski definition) is 0. The van der Waals surface area contributed by atoms with Crippen LogP contribution in [0.3, 0.4) is 0 Å². The molecule has 3 aliphatic heterocycles. The lowest BCUT2D eigenvalue weighted by Crippen LogP contribution is -2.38. The molecule has 5 rings (SSSR count). The second-order valence-electron chi connectivity index (χ2n) is 8.08. The van der Waals surface area contributed by atoms with Crippen molar-refractivity contribution in [1.29, 1.82) is 0 Å². The minimum absolute atomic E-state index is 0.439. The van der Waals surface area contributed by atoms with E-state index in [0.29, 0.717) is 19.3 Å². The maximum absolute atomic E-state index is 5.73. The Morgan fingerprint density at radius 1 is 1.03 bits per heavy atom. The molecule has 160 valence electrons. The summed E-state index contributed by atoms with van der Waals surface area (Å²) in [4.78, 5) is 16.3. The van der Waals surface area contributed by atoms with Gasteiger partial charge in [-0.05, 0) is 30.2 Å². The molecule has 30 heavy (non-hydrogen) atoms. The number of likely N-dealkylation sites (tertiary alicyclic amines) is 1. The first kappa shape index (κ1) is 19.4. The topological polar surface area (TPSA) is 63.2 Å². The summed E-state index contributed by atoms with van der Waals surface area (Å²) in [7, 11) is 2.14. The molecule has 0 spiro atoms. The molecule has 0 saturated carbocycles. The van der Waals surface area contributed by atoms with Crippen LogP contribution in [0.5, 0.6) is 11.5 Å². The molecule has 1 atom stereocenters.